The molecule has 9 nitrogen and oxygen atoms in total. The van der Waals surface area contributed by atoms with Crippen molar-refractivity contribution in [2.45, 2.75) is 149 Å². The minimum Gasteiger partial charge on any atom is -0.379 e. The van der Waals surface area contributed by atoms with Crippen molar-refractivity contribution < 1.29 is 9.85 Å². The maximum absolute atomic E-state index is 11.5. The van der Waals surface area contributed by atoms with E-state index in [4.69, 9.17) is 0 Å². The first-order valence-electron chi connectivity index (χ1n) is 16.8. The van der Waals surface area contributed by atoms with E-state index in [2.05, 4.69) is 36.3 Å². The number of non-ortho nitro benzene ring substituents is 1. The van der Waals surface area contributed by atoms with Crippen LogP contribution >= 0.6 is 0 Å². The molecule has 0 amide bonds. The van der Waals surface area contributed by atoms with Gasteiger partial charge < -0.3 is 5.32 Å². The molecule has 1 aliphatic rings. The highest BCUT2D eigenvalue weighted by atomic mass is 16.6. The number of hydrogen-bond donors (Lipinski definition) is 1. The van der Waals surface area contributed by atoms with Crippen LogP contribution in [0.5, 0.6) is 0 Å². The quantitative estimate of drug-likeness (QED) is 0.0736. The van der Waals surface area contributed by atoms with E-state index in [1.807, 2.05) is 13.8 Å². The number of fused-ring (bicyclic) bond motifs is 1. The highest BCUT2D eigenvalue weighted by Gasteiger charge is 2.32. The number of nitrogens with zero attached hydrogens (tertiary/aromatic N) is 4. The van der Waals surface area contributed by atoms with E-state index in [1.165, 1.54) is 101 Å². The third-order valence-electron chi connectivity index (χ3n) is 9.46. The van der Waals surface area contributed by atoms with E-state index < -0.39 is 9.85 Å². The van der Waals surface area contributed by atoms with E-state index in [-0.39, 0.29) is 22.6 Å². The maximum atomic E-state index is 11.5. The first-order valence-corrected chi connectivity index (χ1v) is 16.8. The molecule has 242 valence electrons. The van der Waals surface area contributed by atoms with Crippen LogP contribution in [0, 0.1) is 41.0 Å². The molecule has 2 aromatic rings. The van der Waals surface area contributed by atoms with Crippen molar-refractivity contribution in [3.63, 3.8) is 0 Å². The lowest BCUT2D eigenvalue weighted by Crippen LogP contribution is -2.39. The van der Waals surface area contributed by atoms with Gasteiger partial charge in [0.25, 0.3) is 11.4 Å². The average molecular weight is 608 g/mol. The Balaban J connectivity index is 1.52. The number of nitro benzene ring substituents is 2. The number of anilines is 1. The number of hydrogen-bond acceptors (Lipinski definition) is 7. The largest absolute Gasteiger partial charge is 0.379 e. The van der Waals surface area contributed by atoms with E-state index in [9.17, 15) is 20.2 Å². The van der Waals surface area contributed by atoms with Crippen LogP contribution in [0.15, 0.2) is 28.4 Å². The summed E-state index contributed by atoms with van der Waals surface area (Å²) in [5.41, 5.74) is 5.41. The van der Waals surface area contributed by atoms with Gasteiger partial charge in [-0.05, 0) is 69.2 Å². The van der Waals surface area contributed by atoms with Crippen molar-refractivity contribution in [2.75, 3.05) is 5.32 Å². The predicted octanol–water partition coefficient (Wildman–Crippen LogP) is 11.8. The van der Waals surface area contributed by atoms with E-state index in [0.29, 0.717) is 5.69 Å². The maximum Gasteiger partial charge on any atom is 0.297 e. The molecule has 1 heterocycles. The second kappa shape index (κ2) is 17.2. The number of nitrogens with one attached hydrogen (secondary N) is 1. The normalized spacial score (nSPS) is 16.2. The van der Waals surface area contributed by atoms with Gasteiger partial charge in [0.15, 0.2) is 5.69 Å². The summed E-state index contributed by atoms with van der Waals surface area (Å²) < 4.78 is 0. The molecule has 0 fully saturated rings. The summed E-state index contributed by atoms with van der Waals surface area (Å²) in [7, 11) is 0. The van der Waals surface area contributed by atoms with Crippen molar-refractivity contribution in [3.05, 3.63) is 60.7 Å². The van der Waals surface area contributed by atoms with Crippen LogP contribution in [0.3, 0.4) is 0 Å². The fourth-order valence-electron chi connectivity index (χ4n) is 6.46. The number of benzene rings is 2. The highest BCUT2D eigenvalue weighted by Crippen LogP contribution is 2.44. The van der Waals surface area contributed by atoms with Crippen LogP contribution in [0.1, 0.15) is 139 Å². The lowest BCUT2D eigenvalue weighted by molar-refractivity contribution is -0.388. The van der Waals surface area contributed by atoms with Crippen LogP contribution in [-0.4, -0.2) is 15.4 Å². The molecule has 1 unspecified atom stereocenters. The van der Waals surface area contributed by atoms with E-state index >= 15 is 0 Å². The van der Waals surface area contributed by atoms with Crippen LogP contribution in [-0.2, 0) is 6.42 Å². The molecule has 0 aromatic heterocycles. The van der Waals surface area contributed by atoms with Crippen LogP contribution < -0.4 is 5.32 Å². The molecule has 0 saturated heterocycles. The summed E-state index contributed by atoms with van der Waals surface area (Å²) in [5.74, 6) is 0. The minimum atomic E-state index is -0.599. The van der Waals surface area contributed by atoms with Crippen molar-refractivity contribution in [3.8, 4) is 0 Å². The molecular weight excluding hydrogens is 554 g/mol. The third kappa shape index (κ3) is 9.83. The smallest absolute Gasteiger partial charge is 0.297 e. The van der Waals surface area contributed by atoms with Gasteiger partial charge in [0, 0.05) is 23.4 Å². The van der Waals surface area contributed by atoms with Gasteiger partial charge in [-0.25, -0.2) is 0 Å². The lowest BCUT2D eigenvalue weighted by Gasteiger charge is -2.39. The Labute approximate surface area is 263 Å². The number of nitro groups is 2. The van der Waals surface area contributed by atoms with Crippen LogP contribution in [0.4, 0.5) is 28.4 Å². The first-order chi connectivity index (χ1) is 21.1. The fourth-order valence-corrected chi connectivity index (χ4v) is 6.46. The lowest BCUT2D eigenvalue weighted by atomic mass is 9.80. The summed E-state index contributed by atoms with van der Waals surface area (Å²) >= 11 is 0. The summed E-state index contributed by atoms with van der Waals surface area (Å²) in [6.07, 6.45) is 22.2. The van der Waals surface area contributed by atoms with E-state index in [1.54, 1.807) is 0 Å². The highest BCUT2D eigenvalue weighted by molar-refractivity contribution is 5.73. The van der Waals surface area contributed by atoms with Gasteiger partial charge in [0.05, 0.1) is 21.6 Å². The molecular formula is C35H53N5O4. The Morgan fingerprint density at radius 2 is 1.34 bits per heavy atom. The summed E-state index contributed by atoms with van der Waals surface area (Å²) in [6.45, 7) is 10.7. The van der Waals surface area contributed by atoms with Gasteiger partial charge in [-0.2, -0.15) is 0 Å². The molecule has 0 aliphatic carbocycles. The van der Waals surface area contributed by atoms with Gasteiger partial charge in [-0.15, -0.1) is 10.2 Å². The van der Waals surface area contributed by atoms with Gasteiger partial charge >= 0.3 is 0 Å². The SMILES string of the molecule is CCCCCCCCCCCCCCCCC1(C)CCc2c(C)c(/N=N/c3cc([N+](=O)[O-])ccc3[N+](=O)[O-])c(C)c(C)c2N1. The Morgan fingerprint density at radius 3 is 1.89 bits per heavy atom. The summed E-state index contributed by atoms with van der Waals surface area (Å²) in [4.78, 5) is 21.5. The Morgan fingerprint density at radius 1 is 0.773 bits per heavy atom. The van der Waals surface area contributed by atoms with Gasteiger partial charge in [-0.3, -0.25) is 20.2 Å². The Kier molecular flexibility index (Phi) is 13.7. The first kappa shape index (κ1) is 35.1. The molecule has 9 heteroatoms. The standard InChI is InChI=1S/C35H53N5O4/c1-6-7-8-9-10-11-12-13-14-15-16-17-18-19-23-35(5)24-22-30-28(4)33(26(2)27(3)34(30)36-35)38-37-31-25-29(39(41)42)20-21-32(31)40(43)44/h20-21,25,36H,6-19,22-24H2,1-5H3/b38-37+. The van der Waals surface area contributed by atoms with Gasteiger partial charge in [0.1, 0.15) is 0 Å². The molecule has 44 heavy (non-hydrogen) atoms. The molecule has 1 aliphatic heterocycles. The molecule has 2 aromatic carbocycles. The van der Waals surface area contributed by atoms with E-state index in [0.717, 1.165) is 54.2 Å². The zero-order chi connectivity index (χ0) is 32.1. The number of rotatable bonds is 19. The van der Waals surface area contributed by atoms with Crippen molar-refractivity contribution in [1.82, 2.24) is 0 Å². The molecule has 0 bridgehead atoms. The van der Waals surface area contributed by atoms with Crippen molar-refractivity contribution in [2.24, 2.45) is 10.2 Å². The summed E-state index contributed by atoms with van der Waals surface area (Å²) in [6, 6.07) is 3.31. The molecule has 0 spiro atoms. The van der Waals surface area contributed by atoms with Gasteiger partial charge in [0.2, 0.25) is 0 Å². The zero-order valence-electron chi connectivity index (χ0n) is 27.7. The monoisotopic (exact) mass is 607 g/mol. The molecule has 0 saturated carbocycles. The Hall–Kier alpha value is -3.36. The number of azo groups is 1. The second-order valence-corrected chi connectivity index (χ2v) is 13.0. The van der Waals surface area contributed by atoms with Gasteiger partial charge in [-0.1, -0.05) is 96.8 Å². The van der Waals surface area contributed by atoms with Crippen molar-refractivity contribution >= 4 is 28.4 Å². The van der Waals surface area contributed by atoms with Crippen LogP contribution in [0.25, 0.3) is 0 Å². The Bertz CT molecular complexity index is 1310. The second-order valence-electron chi connectivity index (χ2n) is 13.0. The molecule has 0 radical (unpaired) electrons. The fraction of sp³-hybridized carbons (Fsp3) is 0.657. The predicted molar refractivity (Wildman–Crippen MR) is 180 cm³/mol. The zero-order valence-corrected chi connectivity index (χ0v) is 27.7. The van der Waals surface area contributed by atoms with Crippen LogP contribution in [0.2, 0.25) is 0 Å². The molecule has 1 N–H and O–H groups in total. The van der Waals surface area contributed by atoms with Crippen molar-refractivity contribution in [1.29, 1.82) is 0 Å². The molecule has 1 atom stereocenters. The summed E-state index contributed by atoms with van der Waals surface area (Å²) in [5, 5.41) is 35.2. The minimum absolute atomic E-state index is 0.0421. The molecule has 3 rings (SSSR count). The topological polar surface area (TPSA) is 123 Å². The number of unbranched alkanes of at least 4 members (excludes halogenated alkanes) is 13. The third-order valence-corrected chi connectivity index (χ3v) is 9.46. The average Bonchev–Trinajstić information content (AvgIpc) is 2.99.